The number of rotatable bonds is 3. The van der Waals surface area contributed by atoms with Crippen molar-refractivity contribution in [3.8, 4) is 0 Å². The van der Waals surface area contributed by atoms with Gasteiger partial charge in [-0.1, -0.05) is 6.07 Å². The molecule has 19 heavy (non-hydrogen) atoms. The topological polar surface area (TPSA) is 72.9 Å². The Kier molecular flexibility index (Phi) is 3.42. The molecule has 1 amide bonds. The zero-order chi connectivity index (χ0) is 14.2. The van der Waals surface area contributed by atoms with Gasteiger partial charge in [0.2, 0.25) is 11.9 Å². The van der Waals surface area contributed by atoms with Crippen LogP contribution in [0.3, 0.4) is 0 Å². The molecule has 1 unspecified atom stereocenters. The van der Waals surface area contributed by atoms with Crippen LogP contribution in [0, 0.1) is 5.82 Å². The molecule has 1 aromatic carbocycles. The van der Waals surface area contributed by atoms with Crippen molar-refractivity contribution in [1.29, 1.82) is 0 Å². The van der Waals surface area contributed by atoms with E-state index < -0.39 is 11.9 Å². The van der Waals surface area contributed by atoms with Crippen molar-refractivity contribution < 1.29 is 9.18 Å². The van der Waals surface area contributed by atoms with Gasteiger partial charge in [-0.15, -0.1) is 0 Å². The van der Waals surface area contributed by atoms with Crippen LogP contribution >= 0.6 is 0 Å². The highest BCUT2D eigenvalue weighted by Gasteiger charge is 2.21. The fourth-order valence-electron chi connectivity index (χ4n) is 2.03. The number of aromatic nitrogens is 2. The molecule has 5 nitrogen and oxygen atoms in total. The van der Waals surface area contributed by atoms with E-state index in [4.69, 9.17) is 5.73 Å². The number of hydrogen-bond acceptors (Lipinski definition) is 3. The maximum absolute atomic E-state index is 13.6. The minimum Gasteiger partial charge on any atom is -0.369 e. The minimum absolute atomic E-state index is 0.0303. The highest BCUT2D eigenvalue weighted by atomic mass is 19.1. The number of nitrogens with zero attached hydrogens (tertiary/aromatic N) is 2. The predicted octanol–water partition coefficient (Wildman–Crippen LogP) is 1.84. The molecule has 2 rings (SSSR count). The van der Waals surface area contributed by atoms with E-state index in [2.05, 4.69) is 10.3 Å². The standard InChI is InChI=1S/C13H17FN4O/c1-7(2)16-12(19)8(3)18-10-6-4-5-9(14)11(10)17-13(18)15/h4-8H,1-3H3,(H2,15,17)(H,16,19). The van der Waals surface area contributed by atoms with E-state index in [0.29, 0.717) is 5.52 Å². The second-order valence-corrected chi connectivity index (χ2v) is 4.79. The van der Waals surface area contributed by atoms with Crippen molar-refractivity contribution in [2.45, 2.75) is 32.9 Å². The highest BCUT2D eigenvalue weighted by Crippen LogP contribution is 2.24. The van der Waals surface area contributed by atoms with Crippen LogP contribution < -0.4 is 11.1 Å². The summed E-state index contributed by atoms with van der Waals surface area (Å²) >= 11 is 0. The normalized spacial score (nSPS) is 12.9. The average molecular weight is 264 g/mol. The Morgan fingerprint density at radius 1 is 1.42 bits per heavy atom. The number of amides is 1. The molecule has 0 saturated heterocycles. The lowest BCUT2D eigenvalue weighted by Crippen LogP contribution is -2.36. The van der Waals surface area contributed by atoms with Gasteiger partial charge in [-0.25, -0.2) is 9.37 Å². The lowest BCUT2D eigenvalue weighted by atomic mass is 10.2. The molecule has 0 radical (unpaired) electrons. The summed E-state index contributed by atoms with van der Waals surface area (Å²) in [5, 5.41) is 2.80. The Morgan fingerprint density at radius 3 is 2.74 bits per heavy atom. The number of nitrogens with one attached hydrogen (secondary N) is 1. The third kappa shape index (κ3) is 2.38. The molecule has 0 saturated carbocycles. The van der Waals surface area contributed by atoms with Crippen LogP contribution in [0.2, 0.25) is 0 Å². The first kappa shape index (κ1) is 13.3. The summed E-state index contributed by atoms with van der Waals surface area (Å²) in [7, 11) is 0. The summed E-state index contributed by atoms with van der Waals surface area (Å²) in [6.45, 7) is 5.46. The van der Waals surface area contributed by atoms with E-state index in [9.17, 15) is 9.18 Å². The van der Waals surface area contributed by atoms with Crippen LogP contribution in [0.1, 0.15) is 26.8 Å². The zero-order valence-corrected chi connectivity index (χ0v) is 11.1. The van der Waals surface area contributed by atoms with Crippen molar-refractivity contribution in [2.75, 3.05) is 5.73 Å². The monoisotopic (exact) mass is 264 g/mol. The molecule has 0 aliphatic rings. The van der Waals surface area contributed by atoms with Crippen LogP contribution in [0.5, 0.6) is 0 Å². The van der Waals surface area contributed by atoms with E-state index in [0.717, 1.165) is 0 Å². The van der Waals surface area contributed by atoms with Gasteiger partial charge >= 0.3 is 0 Å². The average Bonchev–Trinajstić information content (AvgIpc) is 2.65. The number of para-hydroxylation sites is 1. The molecular formula is C13H17FN4O. The molecule has 0 bridgehead atoms. The van der Waals surface area contributed by atoms with Crippen LogP contribution in [0.25, 0.3) is 11.0 Å². The third-order valence-corrected chi connectivity index (χ3v) is 2.90. The maximum Gasteiger partial charge on any atom is 0.243 e. The summed E-state index contributed by atoms with van der Waals surface area (Å²) in [6.07, 6.45) is 0. The molecule has 0 spiro atoms. The Balaban J connectivity index is 2.47. The number of halogens is 1. The van der Waals surface area contributed by atoms with E-state index >= 15 is 0 Å². The summed E-state index contributed by atoms with van der Waals surface area (Å²) in [4.78, 5) is 16.0. The molecule has 3 N–H and O–H groups in total. The number of nitrogen functional groups attached to an aromatic ring is 1. The Labute approximate surface area is 110 Å². The molecule has 2 aromatic rings. The van der Waals surface area contributed by atoms with Crippen molar-refractivity contribution in [3.05, 3.63) is 24.0 Å². The summed E-state index contributed by atoms with van der Waals surface area (Å²) < 4.78 is 15.2. The fourth-order valence-corrected chi connectivity index (χ4v) is 2.03. The molecule has 1 atom stereocenters. The molecule has 0 fully saturated rings. The van der Waals surface area contributed by atoms with Crippen molar-refractivity contribution >= 4 is 22.9 Å². The highest BCUT2D eigenvalue weighted by molar-refractivity contribution is 5.85. The molecule has 0 aliphatic carbocycles. The van der Waals surface area contributed by atoms with Crippen LogP contribution in [-0.2, 0) is 4.79 Å². The first-order valence-electron chi connectivity index (χ1n) is 6.14. The number of carbonyl (C=O) groups is 1. The summed E-state index contributed by atoms with van der Waals surface area (Å²) in [6, 6.07) is 4.07. The molecule has 1 aromatic heterocycles. The number of hydrogen-bond donors (Lipinski definition) is 2. The molecule has 6 heteroatoms. The van der Waals surface area contributed by atoms with Gasteiger partial charge in [-0.2, -0.15) is 0 Å². The van der Waals surface area contributed by atoms with Gasteiger partial charge in [-0.05, 0) is 32.9 Å². The van der Waals surface area contributed by atoms with Gasteiger partial charge in [0, 0.05) is 6.04 Å². The van der Waals surface area contributed by atoms with Gasteiger partial charge in [-0.3, -0.25) is 9.36 Å². The molecule has 0 aliphatic heterocycles. The van der Waals surface area contributed by atoms with Gasteiger partial charge in [0.25, 0.3) is 0 Å². The number of carbonyl (C=O) groups excluding carboxylic acids is 1. The smallest absolute Gasteiger partial charge is 0.243 e. The van der Waals surface area contributed by atoms with E-state index in [1.165, 1.54) is 10.6 Å². The van der Waals surface area contributed by atoms with Gasteiger partial charge in [0.15, 0.2) is 5.82 Å². The zero-order valence-electron chi connectivity index (χ0n) is 11.1. The van der Waals surface area contributed by atoms with Crippen LogP contribution in [-0.4, -0.2) is 21.5 Å². The summed E-state index contributed by atoms with van der Waals surface area (Å²) in [5.41, 5.74) is 6.50. The van der Waals surface area contributed by atoms with E-state index in [1.54, 1.807) is 19.1 Å². The largest absolute Gasteiger partial charge is 0.369 e. The fraction of sp³-hybridized carbons (Fsp3) is 0.385. The minimum atomic E-state index is -0.547. The van der Waals surface area contributed by atoms with E-state index in [-0.39, 0.29) is 23.4 Å². The molecular weight excluding hydrogens is 247 g/mol. The Morgan fingerprint density at radius 2 is 2.11 bits per heavy atom. The Bertz CT molecular complexity index is 620. The SMILES string of the molecule is CC(C)NC(=O)C(C)n1c(N)nc2c(F)cccc21. The van der Waals surface area contributed by atoms with Crippen molar-refractivity contribution in [1.82, 2.24) is 14.9 Å². The summed E-state index contributed by atoms with van der Waals surface area (Å²) in [5.74, 6) is -0.490. The lowest BCUT2D eigenvalue weighted by Gasteiger charge is -2.17. The Hall–Kier alpha value is -2.11. The quantitative estimate of drug-likeness (QED) is 0.888. The number of nitrogens with two attached hydrogens (primary N) is 1. The molecule has 102 valence electrons. The second kappa shape index (κ2) is 4.87. The predicted molar refractivity (Wildman–Crippen MR) is 72.1 cm³/mol. The first-order chi connectivity index (χ1) is 8.91. The molecule has 1 heterocycles. The number of anilines is 1. The third-order valence-electron chi connectivity index (χ3n) is 2.90. The van der Waals surface area contributed by atoms with Gasteiger partial charge in [0.1, 0.15) is 11.6 Å². The van der Waals surface area contributed by atoms with Crippen molar-refractivity contribution in [3.63, 3.8) is 0 Å². The van der Waals surface area contributed by atoms with Crippen LogP contribution in [0.4, 0.5) is 10.3 Å². The lowest BCUT2D eigenvalue weighted by molar-refractivity contribution is -0.124. The van der Waals surface area contributed by atoms with E-state index in [1.807, 2.05) is 13.8 Å². The first-order valence-corrected chi connectivity index (χ1v) is 6.14. The maximum atomic E-state index is 13.6. The van der Waals surface area contributed by atoms with Gasteiger partial charge in [0.05, 0.1) is 5.52 Å². The second-order valence-electron chi connectivity index (χ2n) is 4.79. The number of imidazole rings is 1. The van der Waals surface area contributed by atoms with Crippen LogP contribution in [0.15, 0.2) is 18.2 Å². The van der Waals surface area contributed by atoms with Gasteiger partial charge < -0.3 is 11.1 Å². The number of benzene rings is 1. The van der Waals surface area contributed by atoms with Crippen molar-refractivity contribution in [2.24, 2.45) is 0 Å². The number of fused-ring (bicyclic) bond motifs is 1.